The average Bonchev–Trinajstić information content (AvgIpc) is 2.85. The zero-order chi connectivity index (χ0) is 29.2. The Hall–Kier alpha value is -3.81. The lowest BCUT2D eigenvalue weighted by molar-refractivity contribution is -0.141. The summed E-state index contributed by atoms with van der Waals surface area (Å²) < 4.78 is 5.45. The Kier molecular flexibility index (Phi) is 11.6. The van der Waals surface area contributed by atoms with E-state index in [2.05, 4.69) is 17.2 Å². The fourth-order valence-corrected chi connectivity index (χ4v) is 4.17. The Morgan fingerprint density at radius 2 is 1.77 bits per heavy atom. The molecule has 2 aromatic carbocycles. The van der Waals surface area contributed by atoms with E-state index in [0.29, 0.717) is 12.1 Å². The van der Waals surface area contributed by atoms with Crippen molar-refractivity contribution in [3.8, 4) is 5.75 Å². The molecular formula is C31H43N3O5. The van der Waals surface area contributed by atoms with E-state index in [4.69, 9.17) is 4.74 Å². The van der Waals surface area contributed by atoms with E-state index in [-0.39, 0.29) is 24.6 Å². The number of nitrogens with one attached hydrogen (secondary N) is 2. The highest BCUT2D eigenvalue weighted by Crippen LogP contribution is 2.27. The Labute approximate surface area is 232 Å². The van der Waals surface area contributed by atoms with E-state index >= 15 is 0 Å². The van der Waals surface area contributed by atoms with Crippen LogP contribution in [0.1, 0.15) is 68.8 Å². The highest BCUT2D eigenvalue weighted by atomic mass is 16.6. The Morgan fingerprint density at radius 3 is 2.36 bits per heavy atom. The first-order chi connectivity index (χ1) is 18.4. The molecule has 0 saturated heterocycles. The van der Waals surface area contributed by atoms with Crippen LogP contribution in [-0.2, 0) is 20.7 Å². The first kappa shape index (κ1) is 31.4. The third-order valence-corrected chi connectivity index (χ3v) is 6.09. The van der Waals surface area contributed by atoms with E-state index in [0.717, 1.165) is 29.5 Å². The van der Waals surface area contributed by atoms with Gasteiger partial charge in [-0.2, -0.15) is 0 Å². The lowest BCUT2D eigenvalue weighted by Gasteiger charge is -2.34. The van der Waals surface area contributed by atoms with Crippen LogP contribution in [0.25, 0.3) is 0 Å². The van der Waals surface area contributed by atoms with Crippen molar-refractivity contribution in [3.63, 3.8) is 0 Å². The Bertz CT molecular complexity index is 1140. The summed E-state index contributed by atoms with van der Waals surface area (Å²) in [4.78, 5) is 42.1. The van der Waals surface area contributed by atoms with Crippen molar-refractivity contribution in [1.29, 1.82) is 0 Å². The van der Waals surface area contributed by atoms with Crippen LogP contribution in [0.5, 0.6) is 5.75 Å². The molecule has 3 amide bonds. The quantitative estimate of drug-likeness (QED) is 0.257. The van der Waals surface area contributed by atoms with Crippen molar-refractivity contribution in [3.05, 3.63) is 77.4 Å². The number of carbonyl (C=O) groups excluding carboxylic acids is 3. The van der Waals surface area contributed by atoms with Gasteiger partial charge < -0.3 is 25.4 Å². The van der Waals surface area contributed by atoms with Crippen LogP contribution in [0.3, 0.4) is 0 Å². The van der Waals surface area contributed by atoms with Gasteiger partial charge in [0, 0.05) is 19.5 Å². The minimum absolute atomic E-state index is 0.0835. The van der Waals surface area contributed by atoms with Gasteiger partial charge in [-0.05, 0) is 69.9 Å². The fourth-order valence-electron chi connectivity index (χ4n) is 4.17. The van der Waals surface area contributed by atoms with Gasteiger partial charge in [0.25, 0.3) is 0 Å². The van der Waals surface area contributed by atoms with Gasteiger partial charge in [0.2, 0.25) is 11.8 Å². The van der Waals surface area contributed by atoms with Crippen LogP contribution >= 0.6 is 0 Å². The second-order valence-electron chi connectivity index (χ2n) is 10.8. The van der Waals surface area contributed by atoms with E-state index in [1.165, 1.54) is 17.0 Å². The monoisotopic (exact) mass is 537 g/mol. The summed E-state index contributed by atoms with van der Waals surface area (Å²) in [5.74, 6) is -0.660. The summed E-state index contributed by atoms with van der Waals surface area (Å²) >= 11 is 0. The van der Waals surface area contributed by atoms with Crippen molar-refractivity contribution in [2.45, 2.75) is 78.5 Å². The molecule has 0 fully saturated rings. The molecule has 2 rings (SSSR count). The number of rotatable bonds is 12. The van der Waals surface area contributed by atoms with Crippen molar-refractivity contribution in [1.82, 2.24) is 15.5 Å². The molecule has 0 heterocycles. The lowest BCUT2D eigenvalue weighted by Crippen LogP contribution is -2.54. The Balaban J connectivity index is 2.55. The number of alkyl carbamates (subject to hydrolysis) is 1. The first-order valence-corrected chi connectivity index (χ1v) is 13.4. The highest BCUT2D eigenvalue weighted by molar-refractivity contribution is 5.92. The van der Waals surface area contributed by atoms with Crippen molar-refractivity contribution in [2.75, 3.05) is 13.1 Å². The fraction of sp³-hybridized carbons (Fsp3) is 0.452. The molecule has 0 aliphatic rings. The molecule has 0 radical (unpaired) electrons. The number of unbranched alkanes of at least 4 members (excludes halogenated alkanes) is 1. The second-order valence-corrected chi connectivity index (χ2v) is 10.8. The van der Waals surface area contributed by atoms with Gasteiger partial charge in [-0.3, -0.25) is 9.59 Å². The molecule has 2 aromatic rings. The standard InChI is InChI=1S/C31H43N3O5/c1-8-10-17-32-28(36)27(25-19-21(3)11-12-22(25)4)34(18-9-2)29(37)26(33-30(38)39-31(5,6)7)20-23-13-15-24(35)16-14-23/h9,11-16,19,26-27,35H,2,8,10,17-18,20H2,1,3-7H3,(H,32,36)(H,33,38). The third kappa shape index (κ3) is 9.78. The van der Waals surface area contributed by atoms with E-state index in [1.54, 1.807) is 39.0 Å². The van der Waals surface area contributed by atoms with Gasteiger partial charge in [0.05, 0.1) is 0 Å². The predicted molar refractivity (Wildman–Crippen MR) is 153 cm³/mol. The van der Waals surface area contributed by atoms with Gasteiger partial charge in [0.1, 0.15) is 23.4 Å². The maximum atomic E-state index is 14.2. The van der Waals surface area contributed by atoms with Crippen molar-refractivity contribution < 1.29 is 24.2 Å². The predicted octanol–water partition coefficient (Wildman–Crippen LogP) is 5.12. The zero-order valence-electron chi connectivity index (χ0n) is 24.0. The molecule has 8 nitrogen and oxygen atoms in total. The first-order valence-electron chi connectivity index (χ1n) is 13.4. The van der Waals surface area contributed by atoms with Crippen LogP contribution in [0, 0.1) is 13.8 Å². The zero-order valence-corrected chi connectivity index (χ0v) is 24.0. The molecule has 2 unspecified atom stereocenters. The van der Waals surface area contributed by atoms with Crippen LogP contribution in [0.15, 0.2) is 55.1 Å². The van der Waals surface area contributed by atoms with Gasteiger partial charge in [-0.1, -0.05) is 55.3 Å². The second kappa shape index (κ2) is 14.4. The number of ether oxygens (including phenoxy) is 1. The smallest absolute Gasteiger partial charge is 0.408 e. The molecule has 2 atom stereocenters. The summed E-state index contributed by atoms with van der Waals surface area (Å²) in [5, 5.41) is 15.4. The van der Waals surface area contributed by atoms with Gasteiger partial charge >= 0.3 is 6.09 Å². The number of carbonyl (C=O) groups is 3. The molecule has 0 bridgehead atoms. The van der Waals surface area contributed by atoms with Crippen LogP contribution in [0.2, 0.25) is 0 Å². The van der Waals surface area contributed by atoms with Crippen LogP contribution in [0.4, 0.5) is 4.79 Å². The summed E-state index contributed by atoms with van der Waals surface area (Å²) in [6.45, 7) is 15.5. The summed E-state index contributed by atoms with van der Waals surface area (Å²) in [6, 6.07) is 10.2. The number of aromatic hydroxyl groups is 1. The normalized spacial score (nSPS) is 12.7. The van der Waals surface area contributed by atoms with Crippen molar-refractivity contribution >= 4 is 17.9 Å². The van der Waals surface area contributed by atoms with E-state index in [9.17, 15) is 19.5 Å². The summed E-state index contributed by atoms with van der Waals surface area (Å²) in [6.07, 6.45) is 2.68. The summed E-state index contributed by atoms with van der Waals surface area (Å²) in [7, 11) is 0. The number of phenols is 1. The SMILES string of the molecule is C=CCN(C(=O)C(Cc1ccc(O)cc1)NC(=O)OC(C)(C)C)C(C(=O)NCCCC)c1cc(C)ccc1C. The number of amides is 3. The largest absolute Gasteiger partial charge is 0.508 e. The van der Waals surface area contributed by atoms with Crippen LogP contribution in [-0.4, -0.2) is 52.6 Å². The molecule has 0 saturated carbocycles. The number of phenolic OH excluding ortho intramolecular Hbond substituents is 1. The molecule has 8 heteroatoms. The van der Waals surface area contributed by atoms with Crippen molar-refractivity contribution in [2.24, 2.45) is 0 Å². The third-order valence-electron chi connectivity index (χ3n) is 6.09. The molecular weight excluding hydrogens is 494 g/mol. The van der Waals surface area contributed by atoms with E-state index in [1.807, 2.05) is 39.0 Å². The number of hydrogen-bond acceptors (Lipinski definition) is 5. The topological polar surface area (TPSA) is 108 Å². The van der Waals surface area contributed by atoms with Gasteiger partial charge in [-0.25, -0.2) is 4.79 Å². The molecule has 212 valence electrons. The van der Waals surface area contributed by atoms with Crippen LogP contribution < -0.4 is 10.6 Å². The number of benzene rings is 2. The molecule has 0 spiro atoms. The van der Waals surface area contributed by atoms with Gasteiger partial charge in [0.15, 0.2) is 0 Å². The molecule has 39 heavy (non-hydrogen) atoms. The minimum atomic E-state index is -1.04. The number of aryl methyl sites for hydroxylation is 2. The molecule has 0 aromatic heterocycles. The molecule has 0 aliphatic heterocycles. The maximum absolute atomic E-state index is 14.2. The highest BCUT2D eigenvalue weighted by Gasteiger charge is 2.36. The molecule has 0 aliphatic carbocycles. The van der Waals surface area contributed by atoms with E-state index < -0.39 is 29.7 Å². The molecule has 3 N–H and O–H groups in total. The maximum Gasteiger partial charge on any atom is 0.408 e. The average molecular weight is 538 g/mol. The lowest BCUT2D eigenvalue weighted by atomic mass is 9.95. The number of hydrogen-bond donors (Lipinski definition) is 3. The Morgan fingerprint density at radius 1 is 1.10 bits per heavy atom. The summed E-state index contributed by atoms with van der Waals surface area (Å²) in [5.41, 5.74) is 2.49. The number of nitrogens with zero attached hydrogens (tertiary/aromatic N) is 1. The minimum Gasteiger partial charge on any atom is -0.508 e. The van der Waals surface area contributed by atoms with Gasteiger partial charge in [-0.15, -0.1) is 6.58 Å².